The molecule has 0 aromatic heterocycles. The van der Waals surface area contributed by atoms with Crippen molar-refractivity contribution in [2.24, 2.45) is 5.92 Å². The number of alkyl halides is 3. The van der Waals surface area contributed by atoms with Gasteiger partial charge in [-0.1, -0.05) is 25.1 Å². The van der Waals surface area contributed by atoms with Crippen molar-refractivity contribution in [3.8, 4) is 5.75 Å². The Bertz CT molecular complexity index is 641. The van der Waals surface area contributed by atoms with Crippen LogP contribution in [-0.2, 0) is 9.84 Å². The van der Waals surface area contributed by atoms with Gasteiger partial charge in [-0.25, -0.2) is 21.6 Å². The van der Waals surface area contributed by atoms with Crippen LogP contribution in [0.3, 0.4) is 0 Å². The molecular weight excluding hydrogens is 317 g/mol. The number of hydrogen-bond acceptors (Lipinski definition) is 3. The van der Waals surface area contributed by atoms with Gasteiger partial charge in [-0.15, -0.1) is 0 Å². The van der Waals surface area contributed by atoms with Crippen LogP contribution in [0.2, 0.25) is 0 Å². The van der Waals surface area contributed by atoms with Crippen molar-refractivity contribution in [3.63, 3.8) is 0 Å². The number of benzene rings is 1. The van der Waals surface area contributed by atoms with Crippen LogP contribution in [-0.4, -0.2) is 25.5 Å². The summed E-state index contributed by atoms with van der Waals surface area (Å²) < 4.78 is 61.9. The van der Waals surface area contributed by atoms with Gasteiger partial charge in [0, 0.05) is 5.56 Å². The molecule has 0 heterocycles. The topological polar surface area (TPSA) is 54.4 Å². The van der Waals surface area contributed by atoms with Crippen LogP contribution in [0.25, 0.3) is 0 Å². The Morgan fingerprint density at radius 3 is 2.18 bits per heavy atom. The van der Waals surface area contributed by atoms with E-state index in [2.05, 4.69) is 0 Å². The van der Waals surface area contributed by atoms with Crippen LogP contribution in [0, 0.1) is 5.92 Å². The molecule has 3 nitrogen and oxygen atoms in total. The number of para-hydroxylation sites is 1. The zero-order valence-electron chi connectivity index (χ0n) is 12.3. The minimum absolute atomic E-state index is 0.0340. The number of hydrogen-bond donors (Lipinski definition) is 1. The summed E-state index contributed by atoms with van der Waals surface area (Å²) in [6, 6.07) is 4.57. The first-order valence-electron chi connectivity index (χ1n) is 7.14. The molecule has 22 heavy (non-hydrogen) atoms. The highest BCUT2D eigenvalue weighted by Gasteiger charge is 2.40. The predicted molar refractivity (Wildman–Crippen MR) is 77.5 cm³/mol. The summed E-state index contributed by atoms with van der Waals surface area (Å²) in [5.74, 6) is 0.244. The molecule has 0 amide bonds. The highest BCUT2D eigenvalue weighted by molar-refractivity contribution is 7.92. The molecule has 3 atom stereocenters. The first-order chi connectivity index (χ1) is 10.2. The number of rotatable bonds is 6. The SMILES string of the molecule is CC(c1cccc(C(C)S(=O)(=O)C(F)C(F)F)c1O)C1CC1. The summed E-state index contributed by atoms with van der Waals surface area (Å²) in [4.78, 5) is 0. The van der Waals surface area contributed by atoms with Crippen LogP contribution in [0.5, 0.6) is 5.75 Å². The minimum Gasteiger partial charge on any atom is -0.507 e. The highest BCUT2D eigenvalue weighted by Crippen LogP contribution is 2.46. The average Bonchev–Trinajstić information content (AvgIpc) is 3.29. The van der Waals surface area contributed by atoms with Crippen molar-refractivity contribution in [1.29, 1.82) is 0 Å². The largest absolute Gasteiger partial charge is 0.507 e. The van der Waals surface area contributed by atoms with E-state index in [9.17, 15) is 26.7 Å². The van der Waals surface area contributed by atoms with Crippen LogP contribution in [0.1, 0.15) is 49.0 Å². The molecule has 1 aromatic rings. The zero-order chi connectivity index (χ0) is 16.7. The summed E-state index contributed by atoms with van der Waals surface area (Å²) >= 11 is 0. The van der Waals surface area contributed by atoms with Gasteiger partial charge >= 0.3 is 0 Å². The Balaban J connectivity index is 2.38. The van der Waals surface area contributed by atoms with Crippen molar-refractivity contribution >= 4 is 9.84 Å². The Labute approximate surface area is 128 Å². The molecule has 3 unspecified atom stereocenters. The van der Waals surface area contributed by atoms with Gasteiger partial charge in [0.1, 0.15) is 5.75 Å². The van der Waals surface area contributed by atoms with E-state index >= 15 is 0 Å². The Morgan fingerprint density at radius 2 is 1.68 bits per heavy atom. The van der Waals surface area contributed by atoms with Crippen LogP contribution in [0.4, 0.5) is 13.2 Å². The molecule has 1 aromatic carbocycles. The molecule has 1 N–H and O–H groups in total. The molecule has 1 aliphatic carbocycles. The van der Waals surface area contributed by atoms with E-state index in [1.807, 2.05) is 6.92 Å². The summed E-state index contributed by atoms with van der Waals surface area (Å²) in [6.45, 7) is 3.04. The Kier molecular flexibility index (Phi) is 4.75. The second-order valence-electron chi connectivity index (χ2n) is 5.83. The quantitative estimate of drug-likeness (QED) is 0.856. The molecule has 2 rings (SSSR count). The van der Waals surface area contributed by atoms with Gasteiger partial charge in [0.25, 0.3) is 11.9 Å². The van der Waals surface area contributed by atoms with Crippen LogP contribution in [0.15, 0.2) is 18.2 Å². The lowest BCUT2D eigenvalue weighted by atomic mass is 9.93. The van der Waals surface area contributed by atoms with E-state index < -0.39 is 27.0 Å². The Hall–Kier alpha value is -1.24. The number of halogens is 3. The summed E-state index contributed by atoms with van der Waals surface area (Å²) in [6.07, 6.45) is -1.53. The van der Waals surface area contributed by atoms with Crippen molar-refractivity contribution in [1.82, 2.24) is 0 Å². The second-order valence-corrected chi connectivity index (χ2v) is 8.16. The molecule has 1 aliphatic rings. The van der Waals surface area contributed by atoms with Gasteiger partial charge in [0.05, 0.1) is 5.25 Å². The third kappa shape index (κ3) is 3.09. The van der Waals surface area contributed by atoms with E-state index in [-0.39, 0.29) is 17.2 Å². The molecule has 0 spiro atoms. The lowest BCUT2D eigenvalue weighted by Crippen LogP contribution is -2.28. The number of phenolic OH excluding ortho intramolecular Hbond substituents is 1. The monoisotopic (exact) mass is 336 g/mol. The van der Waals surface area contributed by atoms with Crippen molar-refractivity contribution in [2.45, 2.75) is 49.8 Å². The lowest BCUT2D eigenvalue weighted by Gasteiger charge is -2.20. The number of sulfone groups is 1. The number of phenols is 1. The van der Waals surface area contributed by atoms with Gasteiger partial charge < -0.3 is 5.11 Å². The molecule has 0 radical (unpaired) electrons. The maximum atomic E-state index is 13.3. The minimum atomic E-state index is -4.74. The van der Waals surface area contributed by atoms with Gasteiger partial charge in [-0.2, -0.15) is 0 Å². The molecular formula is C15H19F3O3S. The van der Waals surface area contributed by atoms with E-state index in [0.717, 1.165) is 19.8 Å². The van der Waals surface area contributed by atoms with E-state index in [1.165, 1.54) is 6.07 Å². The van der Waals surface area contributed by atoms with E-state index in [0.29, 0.717) is 11.5 Å². The standard InChI is InChI=1S/C15H19F3O3S/c1-8(10-6-7-10)11-4-3-5-12(13(11)19)9(2)22(20,21)15(18)14(16)17/h3-5,8-10,14-15,19H,6-7H2,1-2H3. The number of aromatic hydroxyl groups is 1. The molecule has 1 saturated carbocycles. The Morgan fingerprint density at radius 1 is 1.14 bits per heavy atom. The molecule has 124 valence electrons. The third-order valence-electron chi connectivity index (χ3n) is 4.36. The fourth-order valence-corrected chi connectivity index (χ4v) is 3.86. The first kappa shape index (κ1) is 17.1. The maximum Gasteiger partial charge on any atom is 0.283 e. The van der Waals surface area contributed by atoms with Crippen molar-refractivity contribution in [3.05, 3.63) is 29.3 Å². The highest BCUT2D eigenvalue weighted by atomic mass is 32.2. The van der Waals surface area contributed by atoms with Gasteiger partial charge in [0.15, 0.2) is 9.84 Å². The normalized spacial score (nSPS) is 19.9. The first-order valence-corrected chi connectivity index (χ1v) is 8.75. The molecule has 0 saturated heterocycles. The van der Waals surface area contributed by atoms with E-state index in [1.54, 1.807) is 12.1 Å². The van der Waals surface area contributed by atoms with Gasteiger partial charge in [-0.3, -0.25) is 0 Å². The lowest BCUT2D eigenvalue weighted by molar-refractivity contribution is 0.0897. The van der Waals surface area contributed by atoms with Crippen molar-refractivity contribution < 1.29 is 26.7 Å². The van der Waals surface area contributed by atoms with Gasteiger partial charge in [-0.05, 0) is 37.2 Å². The van der Waals surface area contributed by atoms with Crippen LogP contribution >= 0.6 is 0 Å². The maximum absolute atomic E-state index is 13.3. The predicted octanol–water partition coefficient (Wildman–Crippen LogP) is 3.94. The fraction of sp³-hybridized carbons (Fsp3) is 0.600. The molecule has 0 aliphatic heterocycles. The van der Waals surface area contributed by atoms with Crippen molar-refractivity contribution in [2.75, 3.05) is 0 Å². The third-order valence-corrected chi connectivity index (χ3v) is 6.43. The summed E-state index contributed by atoms with van der Waals surface area (Å²) in [5, 5.41) is 8.78. The second kappa shape index (κ2) is 6.10. The summed E-state index contributed by atoms with van der Waals surface area (Å²) in [7, 11) is -4.74. The van der Waals surface area contributed by atoms with Crippen LogP contribution < -0.4 is 0 Å². The fourth-order valence-electron chi connectivity index (χ4n) is 2.64. The summed E-state index contributed by atoms with van der Waals surface area (Å²) in [5.41, 5.74) is -2.71. The molecule has 7 heteroatoms. The van der Waals surface area contributed by atoms with E-state index in [4.69, 9.17) is 0 Å². The smallest absolute Gasteiger partial charge is 0.283 e. The molecule has 1 fully saturated rings. The average molecular weight is 336 g/mol. The molecule has 0 bridgehead atoms. The zero-order valence-corrected chi connectivity index (χ0v) is 13.2. The van der Waals surface area contributed by atoms with Gasteiger partial charge in [0.2, 0.25) is 0 Å².